The highest BCUT2D eigenvalue weighted by Gasteiger charge is 2.38. The number of aromatic nitrogens is 3. The van der Waals surface area contributed by atoms with E-state index in [9.17, 15) is 27.2 Å². The zero-order valence-corrected chi connectivity index (χ0v) is 15.9. The van der Waals surface area contributed by atoms with Crippen LogP contribution in [0.1, 0.15) is 12.8 Å². The molecular weight excluding hydrogens is 420 g/mol. The first-order valence-corrected chi connectivity index (χ1v) is 9.29. The zero-order chi connectivity index (χ0) is 22.2. The van der Waals surface area contributed by atoms with Crippen LogP contribution in [0.25, 0.3) is 17.0 Å². The molecule has 0 saturated carbocycles. The molecule has 3 aromatic rings. The van der Waals surface area contributed by atoms with Gasteiger partial charge in [-0.1, -0.05) is 0 Å². The standard InChI is InChI=1S/C19H16F4N6O2/c20-14-4-3-11(26-18(31)28-5-1-2-6-28)7-13(14)15-10-29-9-12(8-24-17(29)27-15)25-16(30)19(21,22)23/h3-4,7-10H,1-2,5-6H2,(H,25,30)(H,26,31). The van der Waals surface area contributed by atoms with Crippen molar-refractivity contribution in [2.75, 3.05) is 23.7 Å². The average molecular weight is 436 g/mol. The summed E-state index contributed by atoms with van der Waals surface area (Å²) in [6.07, 6.45) is 0.371. The van der Waals surface area contributed by atoms with Crippen LogP contribution in [-0.2, 0) is 4.79 Å². The summed E-state index contributed by atoms with van der Waals surface area (Å²) in [5.74, 6) is -2.65. The van der Waals surface area contributed by atoms with Crippen LogP contribution in [-0.4, -0.2) is 50.5 Å². The molecule has 0 bridgehead atoms. The molecule has 0 aliphatic carbocycles. The SMILES string of the molecule is O=C(Nc1ccc(F)c(-c2cn3cc(NC(=O)C(F)(F)F)cnc3n2)c1)N1CCCC1. The van der Waals surface area contributed by atoms with Gasteiger partial charge in [0.05, 0.1) is 17.6 Å². The van der Waals surface area contributed by atoms with Crippen LogP contribution in [0.5, 0.6) is 0 Å². The fourth-order valence-corrected chi connectivity index (χ4v) is 3.20. The Morgan fingerprint density at radius 1 is 1.03 bits per heavy atom. The average Bonchev–Trinajstić information content (AvgIpc) is 3.38. The number of hydrogen-bond donors (Lipinski definition) is 2. The third-order valence-corrected chi connectivity index (χ3v) is 4.71. The molecule has 1 fully saturated rings. The van der Waals surface area contributed by atoms with Gasteiger partial charge in [-0.2, -0.15) is 13.2 Å². The van der Waals surface area contributed by atoms with Gasteiger partial charge >= 0.3 is 18.1 Å². The summed E-state index contributed by atoms with van der Waals surface area (Å²) in [5.41, 5.74) is 0.398. The van der Waals surface area contributed by atoms with Crippen molar-refractivity contribution in [1.29, 1.82) is 0 Å². The van der Waals surface area contributed by atoms with Gasteiger partial charge in [-0.15, -0.1) is 0 Å². The van der Waals surface area contributed by atoms with E-state index < -0.39 is 17.9 Å². The van der Waals surface area contributed by atoms with Gasteiger partial charge in [-0.05, 0) is 31.0 Å². The third-order valence-electron chi connectivity index (χ3n) is 4.71. The first kappa shape index (κ1) is 20.6. The van der Waals surface area contributed by atoms with Gasteiger partial charge in [-0.25, -0.2) is 19.2 Å². The Bertz CT molecular complexity index is 1150. The quantitative estimate of drug-likeness (QED) is 0.613. The molecule has 0 unspecified atom stereocenters. The molecule has 1 saturated heterocycles. The third kappa shape index (κ3) is 4.42. The van der Waals surface area contributed by atoms with E-state index >= 15 is 0 Å². The molecule has 2 aromatic heterocycles. The van der Waals surface area contributed by atoms with Crippen LogP contribution in [0.3, 0.4) is 0 Å². The maximum absolute atomic E-state index is 14.4. The predicted molar refractivity (Wildman–Crippen MR) is 103 cm³/mol. The van der Waals surface area contributed by atoms with Crippen LogP contribution < -0.4 is 10.6 Å². The number of amides is 3. The van der Waals surface area contributed by atoms with E-state index in [1.165, 1.54) is 35.0 Å². The number of carbonyl (C=O) groups excluding carboxylic acids is 2. The Morgan fingerprint density at radius 2 is 1.77 bits per heavy atom. The van der Waals surface area contributed by atoms with Crippen LogP contribution in [0.4, 0.5) is 33.7 Å². The van der Waals surface area contributed by atoms with Gasteiger partial charge in [-0.3, -0.25) is 9.20 Å². The summed E-state index contributed by atoms with van der Waals surface area (Å²) < 4.78 is 52.9. The Kier molecular flexibility index (Phi) is 5.21. The number of anilines is 2. The van der Waals surface area contributed by atoms with Crippen LogP contribution in [0, 0.1) is 5.82 Å². The molecule has 1 aromatic carbocycles. The second kappa shape index (κ2) is 7.85. The number of nitrogens with one attached hydrogen (secondary N) is 2. The van der Waals surface area contributed by atoms with Crippen molar-refractivity contribution < 1.29 is 27.2 Å². The maximum Gasteiger partial charge on any atom is 0.471 e. The number of halogens is 4. The molecule has 162 valence electrons. The van der Waals surface area contributed by atoms with Gasteiger partial charge in [0.15, 0.2) is 0 Å². The number of nitrogens with zero attached hydrogens (tertiary/aromatic N) is 4. The van der Waals surface area contributed by atoms with E-state index in [1.54, 1.807) is 10.2 Å². The molecule has 0 spiro atoms. The van der Waals surface area contributed by atoms with E-state index in [1.807, 2.05) is 0 Å². The second-order valence-electron chi connectivity index (χ2n) is 6.95. The number of hydrogen-bond acceptors (Lipinski definition) is 4. The highest BCUT2D eigenvalue weighted by Crippen LogP contribution is 2.26. The number of fused-ring (bicyclic) bond motifs is 1. The van der Waals surface area contributed by atoms with Gasteiger partial charge in [0.25, 0.3) is 0 Å². The van der Waals surface area contributed by atoms with Crippen LogP contribution in [0.2, 0.25) is 0 Å². The molecule has 8 nitrogen and oxygen atoms in total. The fourth-order valence-electron chi connectivity index (χ4n) is 3.20. The highest BCUT2D eigenvalue weighted by atomic mass is 19.4. The zero-order valence-electron chi connectivity index (χ0n) is 15.9. The van der Waals surface area contributed by atoms with Gasteiger partial charge < -0.3 is 15.5 Å². The lowest BCUT2D eigenvalue weighted by molar-refractivity contribution is -0.167. The van der Waals surface area contributed by atoms with Crippen molar-refractivity contribution >= 4 is 29.1 Å². The second-order valence-corrected chi connectivity index (χ2v) is 6.95. The summed E-state index contributed by atoms with van der Waals surface area (Å²) in [7, 11) is 0. The lowest BCUT2D eigenvalue weighted by atomic mass is 10.1. The number of imidazole rings is 1. The van der Waals surface area contributed by atoms with Crippen molar-refractivity contribution in [2.24, 2.45) is 0 Å². The molecule has 2 N–H and O–H groups in total. The molecule has 0 atom stereocenters. The molecule has 12 heteroatoms. The summed E-state index contributed by atoms with van der Waals surface area (Å²) >= 11 is 0. The topological polar surface area (TPSA) is 91.6 Å². The van der Waals surface area contributed by atoms with Crippen molar-refractivity contribution in [2.45, 2.75) is 19.0 Å². The van der Waals surface area contributed by atoms with E-state index in [-0.39, 0.29) is 28.8 Å². The largest absolute Gasteiger partial charge is 0.471 e. The van der Waals surface area contributed by atoms with Crippen LogP contribution >= 0.6 is 0 Å². The molecule has 4 rings (SSSR count). The number of carbonyl (C=O) groups is 2. The Labute approximate surface area is 172 Å². The molecule has 31 heavy (non-hydrogen) atoms. The van der Waals surface area contributed by atoms with Gasteiger partial charge in [0.1, 0.15) is 5.82 Å². The lowest BCUT2D eigenvalue weighted by Crippen LogP contribution is -2.32. The monoisotopic (exact) mass is 436 g/mol. The Balaban J connectivity index is 1.59. The Hall–Kier alpha value is -3.70. The highest BCUT2D eigenvalue weighted by molar-refractivity contribution is 5.94. The molecule has 3 heterocycles. The number of urea groups is 1. The first-order chi connectivity index (χ1) is 14.7. The summed E-state index contributed by atoms with van der Waals surface area (Å²) in [6, 6.07) is 3.74. The number of likely N-dealkylation sites (tertiary alicyclic amines) is 1. The van der Waals surface area contributed by atoms with Crippen molar-refractivity contribution in [3.05, 3.63) is 42.6 Å². The molecular formula is C19H16F4N6O2. The van der Waals surface area contributed by atoms with E-state index in [0.29, 0.717) is 18.8 Å². The minimum Gasteiger partial charge on any atom is -0.325 e. The molecule has 0 radical (unpaired) electrons. The number of alkyl halides is 3. The van der Waals surface area contributed by atoms with Crippen molar-refractivity contribution in [1.82, 2.24) is 19.3 Å². The fraction of sp³-hybridized carbons (Fsp3) is 0.263. The molecule has 1 aliphatic rings. The van der Waals surface area contributed by atoms with Crippen LogP contribution in [0.15, 0.2) is 36.8 Å². The van der Waals surface area contributed by atoms with Crippen molar-refractivity contribution in [3.63, 3.8) is 0 Å². The summed E-state index contributed by atoms with van der Waals surface area (Å²) in [5, 5.41) is 4.41. The first-order valence-electron chi connectivity index (χ1n) is 9.29. The van der Waals surface area contributed by atoms with Crippen molar-refractivity contribution in [3.8, 4) is 11.3 Å². The smallest absolute Gasteiger partial charge is 0.325 e. The van der Waals surface area contributed by atoms with E-state index in [2.05, 4.69) is 15.3 Å². The van der Waals surface area contributed by atoms with E-state index in [0.717, 1.165) is 19.0 Å². The van der Waals surface area contributed by atoms with E-state index in [4.69, 9.17) is 0 Å². The lowest BCUT2D eigenvalue weighted by Gasteiger charge is -2.16. The maximum atomic E-state index is 14.4. The molecule has 3 amide bonds. The summed E-state index contributed by atoms with van der Waals surface area (Å²) in [4.78, 5) is 33.1. The minimum atomic E-state index is -5.04. The molecule has 1 aliphatic heterocycles. The Morgan fingerprint density at radius 3 is 2.48 bits per heavy atom. The number of benzene rings is 1. The number of rotatable bonds is 3. The minimum absolute atomic E-state index is 0.0746. The van der Waals surface area contributed by atoms with Gasteiger partial charge in [0, 0.05) is 36.7 Å². The predicted octanol–water partition coefficient (Wildman–Crippen LogP) is 3.66. The summed E-state index contributed by atoms with van der Waals surface area (Å²) in [6.45, 7) is 1.32. The van der Waals surface area contributed by atoms with Gasteiger partial charge in [0.2, 0.25) is 5.78 Å². The normalized spacial score (nSPS) is 14.1.